The number of Topliss-reactive ketones (excluding diaryl/α,β-unsaturated/α-hetero) is 1. The molecular formula is C15H15ClN2O4. The number of carbonyl (C=O) groups excluding carboxylic acids is 1. The fraction of sp³-hybridized carbons (Fsp3) is 0.333. The van der Waals surface area contributed by atoms with Crippen LogP contribution in [0.4, 0.5) is 4.79 Å². The van der Waals surface area contributed by atoms with Crippen LogP contribution in [0, 0.1) is 0 Å². The molecule has 1 aromatic heterocycles. The number of hydrogen-bond acceptors (Lipinski definition) is 4. The molecule has 3 rings (SSSR count). The first kappa shape index (κ1) is 14.9. The van der Waals surface area contributed by atoms with Crippen LogP contribution in [0.5, 0.6) is 0 Å². The molecule has 0 spiro atoms. The standard InChI is InChI=1S/C15H15ClN2O4/c1-17-4-5-18(15(20)21)11(8-17)14(19)13-7-9-6-10(16)2-3-12(9)22-13/h2-3,6-7,11H,4-5,8H2,1H3,(H,20,21). The first-order valence-corrected chi connectivity index (χ1v) is 7.25. The van der Waals surface area contributed by atoms with Crippen LogP contribution in [0.1, 0.15) is 10.6 Å². The van der Waals surface area contributed by atoms with E-state index in [0.717, 1.165) is 5.39 Å². The van der Waals surface area contributed by atoms with Crippen molar-refractivity contribution in [3.8, 4) is 0 Å². The van der Waals surface area contributed by atoms with E-state index >= 15 is 0 Å². The maximum Gasteiger partial charge on any atom is 0.408 e. The number of carbonyl (C=O) groups is 2. The molecule has 7 heteroatoms. The van der Waals surface area contributed by atoms with E-state index in [1.54, 1.807) is 24.3 Å². The number of furan rings is 1. The number of amides is 1. The minimum Gasteiger partial charge on any atom is -0.465 e. The van der Waals surface area contributed by atoms with Crippen molar-refractivity contribution < 1.29 is 19.1 Å². The van der Waals surface area contributed by atoms with Gasteiger partial charge in [-0.05, 0) is 31.3 Å². The Morgan fingerprint density at radius 3 is 2.82 bits per heavy atom. The van der Waals surface area contributed by atoms with Crippen molar-refractivity contribution >= 4 is 34.4 Å². The van der Waals surface area contributed by atoms with Gasteiger partial charge in [-0.1, -0.05) is 11.6 Å². The number of fused-ring (bicyclic) bond motifs is 1. The number of ketones is 1. The fourth-order valence-corrected chi connectivity index (χ4v) is 2.85. The van der Waals surface area contributed by atoms with E-state index in [4.69, 9.17) is 16.0 Å². The molecule has 1 N–H and O–H groups in total. The van der Waals surface area contributed by atoms with E-state index < -0.39 is 12.1 Å². The van der Waals surface area contributed by atoms with Crippen LogP contribution < -0.4 is 0 Å². The van der Waals surface area contributed by atoms with E-state index in [-0.39, 0.29) is 11.5 Å². The van der Waals surface area contributed by atoms with Crippen molar-refractivity contribution in [2.45, 2.75) is 6.04 Å². The van der Waals surface area contributed by atoms with Crippen LogP contribution in [-0.4, -0.2) is 59.5 Å². The molecule has 1 saturated heterocycles. The summed E-state index contributed by atoms with van der Waals surface area (Å²) in [5.41, 5.74) is 0.554. The van der Waals surface area contributed by atoms with E-state index in [1.165, 1.54) is 4.90 Å². The largest absolute Gasteiger partial charge is 0.465 e. The molecule has 0 bridgehead atoms. The third kappa shape index (κ3) is 2.67. The van der Waals surface area contributed by atoms with Gasteiger partial charge < -0.3 is 14.4 Å². The van der Waals surface area contributed by atoms with Crippen LogP contribution in [0.15, 0.2) is 28.7 Å². The molecular weight excluding hydrogens is 308 g/mol. The zero-order valence-corrected chi connectivity index (χ0v) is 12.7. The summed E-state index contributed by atoms with van der Waals surface area (Å²) >= 11 is 5.92. The zero-order valence-electron chi connectivity index (χ0n) is 12.0. The van der Waals surface area contributed by atoms with E-state index in [9.17, 15) is 14.7 Å². The molecule has 1 unspecified atom stereocenters. The second-order valence-electron chi connectivity index (χ2n) is 5.41. The average molecular weight is 323 g/mol. The van der Waals surface area contributed by atoms with Gasteiger partial charge in [-0.15, -0.1) is 0 Å². The maximum atomic E-state index is 12.7. The van der Waals surface area contributed by atoms with Crippen LogP contribution in [-0.2, 0) is 0 Å². The van der Waals surface area contributed by atoms with Gasteiger partial charge >= 0.3 is 6.09 Å². The van der Waals surface area contributed by atoms with Crippen LogP contribution in [0.2, 0.25) is 5.02 Å². The number of halogens is 1. The number of nitrogens with zero attached hydrogens (tertiary/aromatic N) is 2. The summed E-state index contributed by atoms with van der Waals surface area (Å²) in [6, 6.07) is 5.93. The van der Waals surface area contributed by atoms with Crippen molar-refractivity contribution in [2.24, 2.45) is 0 Å². The Kier molecular flexibility index (Phi) is 3.80. The van der Waals surface area contributed by atoms with Gasteiger partial charge in [0.15, 0.2) is 5.76 Å². The molecule has 22 heavy (non-hydrogen) atoms. The van der Waals surface area contributed by atoms with Gasteiger partial charge in [-0.2, -0.15) is 0 Å². The molecule has 6 nitrogen and oxygen atoms in total. The summed E-state index contributed by atoms with van der Waals surface area (Å²) in [4.78, 5) is 27.1. The number of carboxylic acid groups (broad SMARTS) is 1. The van der Waals surface area contributed by atoms with E-state index in [2.05, 4.69) is 0 Å². The van der Waals surface area contributed by atoms with E-state index in [0.29, 0.717) is 30.2 Å². The minimum atomic E-state index is -1.09. The Balaban J connectivity index is 1.94. The van der Waals surface area contributed by atoms with Crippen molar-refractivity contribution in [1.82, 2.24) is 9.80 Å². The lowest BCUT2D eigenvalue weighted by molar-refractivity contribution is 0.0563. The van der Waals surface area contributed by atoms with Crippen LogP contribution in [0.25, 0.3) is 11.0 Å². The van der Waals surface area contributed by atoms with Gasteiger partial charge in [-0.25, -0.2) is 4.79 Å². The summed E-state index contributed by atoms with van der Waals surface area (Å²) in [6.45, 7) is 1.25. The smallest absolute Gasteiger partial charge is 0.408 e. The summed E-state index contributed by atoms with van der Waals surface area (Å²) < 4.78 is 5.56. The summed E-state index contributed by atoms with van der Waals surface area (Å²) in [6.07, 6.45) is -1.09. The number of likely N-dealkylation sites (N-methyl/N-ethyl adjacent to an activating group) is 1. The molecule has 0 saturated carbocycles. The molecule has 1 amide bonds. The van der Waals surface area contributed by atoms with Crippen molar-refractivity contribution in [3.63, 3.8) is 0 Å². The lowest BCUT2D eigenvalue weighted by atomic mass is 10.1. The van der Waals surface area contributed by atoms with Crippen molar-refractivity contribution in [2.75, 3.05) is 26.7 Å². The number of rotatable bonds is 2. The molecule has 1 aliphatic heterocycles. The van der Waals surface area contributed by atoms with Gasteiger partial charge in [0.2, 0.25) is 5.78 Å². The Hall–Kier alpha value is -2.05. The molecule has 2 heterocycles. The molecule has 1 fully saturated rings. The van der Waals surface area contributed by atoms with Crippen LogP contribution in [0.3, 0.4) is 0 Å². The Morgan fingerprint density at radius 2 is 2.09 bits per heavy atom. The van der Waals surface area contributed by atoms with Crippen molar-refractivity contribution in [3.05, 3.63) is 35.0 Å². The topological polar surface area (TPSA) is 74.0 Å². The lowest BCUT2D eigenvalue weighted by Gasteiger charge is -2.36. The zero-order chi connectivity index (χ0) is 15.9. The molecule has 2 aromatic rings. The Labute approximate surface area is 131 Å². The molecule has 1 aromatic carbocycles. The normalized spacial score (nSPS) is 19.5. The second kappa shape index (κ2) is 5.62. The highest BCUT2D eigenvalue weighted by atomic mass is 35.5. The first-order chi connectivity index (χ1) is 10.5. The number of hydrogen-bond donors (Lipinski definition) is 1. The Morgan fingerprint density at radius 1 is 1.32 bits per heavy atom. The van der Waals surface area contributed by atoms with Crippen LogP contribution >= 0.6 is 11.6 Å². The summed E-state index contributed by atoms with van der Waals surface area (Å²) in [5.74, 6) is -0.176. The van der Waals surface area contributed by atoms with Gasteiger partial charge in [0, 0.05) is 30.0 Å². The first-order valence-electron chi connectivity index (χ1n) is 6.87. The quantitative estimate of drug-likeness (QED) is 0.860. The predicted octanol–water partition coefficient (Wildman–Crippen LogP) is 2.56. The van der Waals surface area contributed by atoms with Gasteiger partial charge in [-0.3, -0.25) is 9.69 Å². The van der Waals surface area contributed by atoms with Gasteiger partial charge in [0.05, 0.1) is 0 Å². The molecule has 0 radical (unpaired) electrons. The minimum absolute atomic E-state index is 0.156. The number of piperazine rings is 1. The SMILES string of the molecule is CN1CCN(C(=O)O)C(C(=O)c2cc3cc(Cl)ccc3o2)C1. The molecule has 0 aliphatic carbocycles. The Bertz CT molecular complexity index is 742. The monoisotopic (exact) mass is 322 g/mol. The fourth-order valence-electron chi connectivity index (χ4n) is 2.67. The summed E-state index contributed by atoms with van der Waals surface area (Å²) in [5, 5.41) is 10.6. The third-order valence-corrected chi connectivity index (χ3v) is 4.09. The highest BCUT2D eigenvalue weighted by Crippen LogP contribution is 2.25. The molecule has 116 valence electrons. The second-order valence-corrected chi connectivity index (χ2v) is 5.85. The molecule has 1 atom stereocenters. The van der Waals surface area contributed by atoms with Crippen molar-refractivity contribution in [1.29, 1.82) is 0 Å². The van der Waals surface area contributed by atoms with Gasteiger partial charge in [0.1, 0.15) is 11.6 Å². The van der Waals surface area contributed by atoms with E-state index in [1.807, 2.05) is 11.9 Å². The number of benzene rings is 1. The maximum absolute atomic E-state index is 12.7. The van der Waals surface area contributed by atoms with Gasteiger partial charge in [0.25, 0.3) is 0 Å². The average Bonchev–Trinajstić information content (AvgIpc) is 2.88. The highest BCUT2D eigenvalue weighted by Gasteiger charge is 2.36. The third-order valence-electron chi connectivity index (χ3n) is 3.85. The summed E-state index contributed by atoms with van der Waals surface area (Å²) in [7, 11) is 1.86. The highest BCUT2D eigenvalue weighted by molar-refractivity contribution is 6.31. The lowest BCUT2D eigenvalue weighted by Crippen LogP contribution is -2.56. The predicted molar refractivity (Wildman–Crippen MR) is 81.6 cm³/mol. The molecule has 1 aliphatic rings.